The number of benzene rings is 1. The van der Waals surface area contributed by atoms with Crippen LogP contribution in [0.2, 0.25) is 0 Å². The highest BCUT2D eigenvalue weighted by molar-refractivity contribution is 5.84. The highest BCUT2D eigenvalue weighted by Crippen LogP contribution is 2.26. The summed E-state index contributed by atoms with van der Waals surface area (Å²) in [6.45, 7) is 8.50. The fraction of sp³-hybridized carbons (Fsp3) is 0.500. The fourth-order valence-electron chi connectivity index (χ4n) is 2.48. The number of aryl methyl sites for hydroxylation is 2. The zero-order chi connectivity index (χ0) is 13.1. The van der Waals surface area contributed by atoms with Gasteiger partial charge in [-0.05, 0) is 48.6 Å². The molecule has 0 fully saturated rings. The van der Waals surface area contributed by atoms with Crippen molar-refractivity contribution in [3.05, 3.63) is 35.5 Å². The molecule has 0 amide bonds. The van der Waals surface area contributed by atoms with Gasteiger partial charge in [0.25, 0.3) is 0 Å². The monoisotopic (exact) mass is 244 g/mol. The van der Waals surface area contributed by atoms with Gasteiger partial charge in [0.05, 0.1) is 0 Å². The molecule has 2 heteroatoms. The van der Waals surface area contributed by atoms with E-state index in [-0.39, 0.29) is 0 Å². The average Bonchev–Trinajstić information content (AvgIpc) is 2.73. The van der Waals surface area contributed by atoms with E-state index in [4.69, 9.17) is 5.73 Å². The largest absolute Gasteiger partial charge is 0.347 e. The second-order valence-corrected chi connectivity index (χ2v) is 5.27. The number of nitrogens with two attached hydrogens (primary N) is 1. The molecule has 0 atom stereocenters. The van der Waals surface area contributed by atoms with Crippen LogP contribution in [0.15, 0.2) is 24.4 Å². The van der Waals surface area contributed by atoms with Gasteiger partial charge in [-0.15, -0.1) is 0 Å². The number of hydrogen-bond acceptors (Lipinski definition) is 1. The first-order valence-corrected chi connectivity index (χ1v) is 6.99. The zero-order valence-corrected chi connectivity index (χ0v) is 11.7. The van der Waals surface area contributed by atoms with Crippen molar-refractivity contribution in [2.45, 2.75) is 46.1 Å². The number of nitrogens with zero attached hydrogens (tertiary/aromatic N) is 1. The number of rotatable bonds is 5. The van der Waals surface area contributed by atoms with Gasteiger partial charge in [-0.1, -0.05) is 26.8 Å². The smallest absolute Gasteiger partial charge is 0.0483 e. The lowest BCUT2D eigenvalue weighted by atomic mass is 10.00. The normalized spacial score (nSPS) is 11.6. The van der Waals surface area contributed by atoms with Crippen molar-refractivity contribution in [3.8, 4) is 0 Å². The Labute approximate surface area is 110 Å². The molecule has 0 bridgehead atoms. The van der Waals surface area contributed by atoms with Crippen LogP contribution < -0.4 is 5.73 Å². The van der Waals surface area contributed by atoms with E-state index in [2.05, 4.69) is 49.7 Å². The van der Waals surface area contributed by atoms with Crippen molar-refractivity contribution in [1.29, 1.82) is 0 Å². The van der Waals surface area contributed by atoms with Crippen molar-refractivity contribution in [1.82, 2.24) is 4.57 Å². The third kappa shape index (κ3) is 2.44. The van der Waals surface area contributed by atoms with Crippen molar-refractivity contribution in [2.24, 2.45) is 5.73 Å². The summed E-state index contributed by atoms with van der Waals surface area (Å²) in [6, 6.07) is 6.88. The number of aromatic nitrogens is 1. The van der Waals surface area contributed by atoms with Crippen LogP contribution in [0.5, 0.6) is 0 Å². The van der Waals surface area contributed by atoms with Crippen LogP contribution in [0.4, 0.5) is 0 Å². The molecule has 2 rings (SSSR count). The third-order valence-electron chi connectivity index (χ3n) is 3.64. The molecule has 0 saturated carbocycles. The topological polar surface area (TPSA) is 30.9 Å². The van der Waals surface area contributed by atoms with Crippen LogP contribution in [0, 0.1) is 0 Å². The molecule has 1 heterocycles. The minimum Gasteiger partial charge on any atom is -0.347 e. The molecule has 1 aromatic heterocycles. The standard InChI is InChI=1S/C16H24N2/c1-4-13-11-18(9-5-8-17)16-7-6-14(12(2)3)10-15(13)16/h6-7,10-12H,4-5,8-9,17H2,1-3H3. The predicted molar refractivity (Wildman–Crippen MR) is 79.1 cm³/mol. The molecule has 1 aromatic carbocycles. The Morgan fingerprint density at radius 1 is 1.28 bits per heavy atom. The van der Waals surface area contributed by atoms with Gasteiger partial charge in [0.15, 0.2) is 0 Å². The summed E-state index contributed by atoms with van der Waals surface area (Å²) in [5.74, 6) is 0.589. The summed E-state index contributed by atoms with van der Waals surface area (Å²) < 4.78 is 2.35. The molecule has 0 aliphatic heterocycles. The minimum atomic E-state index is 0.589. The van der Waals surface area contributed by atoms with E-state index in [1.54, 1.807) is 0 Å². The van der Waals surface area contributed by atoms with Gasteiger partial charge in [-0.25, -0.2) is 0 Å². The maximum Gasteiger partial charge on any atom is 0.0483 e. The van der Waals surface area contributed by atoms with Gasteiger partial charge >= 0.3 is 0 Å². The second-order valence-electron chi connectivity index (χ2n) is 5.27. The van der Waals surface area contributed by atoms with E-state index < -0.39 is 0 Å². The molecule has 0 spiro atoms. The van der Waals surface area contributed by atoms with E-state index >= 15 is 0 Å². The SMILES string of the molecule is CCc1cn(CCCN)c2ccc(C(C)C)cc12. The van der Waals surface area contributed by atoms with Crippen molar-refractivity contribution in [2.75, 3.05) is 6.54 Å². The highest BCUT2D eigenvalue weighted by Gasteiger charge is 2.09. The zero-order valence-electron chi connectivity index (χ0n) is 11.7. The molecule has 2 N–H and O–H groups in total. The average molecular weight is 244 g/mol. The van der Waals surface area contributed by atoms with Crippen LogP contribution in [-0.2, 0) is 13.0 Å². The predicted octanol–water partition coefficient (Wildman–Crippen LogP) is 3.68. The van der Waals surface area contributed by atoms with Crippen LogP contribution in [0.25, 0.3) is 10.9 Å². The number of fused-ring (bicyclic) bond motifs is 1. The number of hydrogen-bond donors (Lipinski definition) is 1. The molecular weight excluding hydrogens is 220 g/mol. The molecular formula is C16H24N2. The lowest BCUT2D eigenvalue weighted by Crippen LogP contribution is -2.04. The minimum absolute atomic E-state index is 0.589. The van der Waals surface area contributed by atoms with Gasteiger partial charge < -0.3 is 10.3 Å². The van der Waals surface area contributed by atoms with Gasteiger partial charge in [-0.2, -0.15) is 0 Å². The Balaban J connectivity index is 2.49. The van der Waals surface area contributed by atoms with Gasteiger partial charge in [0.2, 0.25) is 0 Å². The Bertz CT molecular complexity index is 523. The highest BCUT2D eigenvalue weighted by atomic mass is 15.0. The molecule has 98 valence electrons. The third-order valence-corrected chi connectivity index (χ3v) is 3.64. The Hall–Kier alpha value is -1.28. The summed E-state index contributed by atoms with van der Waals surface area (Å²) in [5, 5.41) is 1.42. The summed E-state index contributed by atoms with van der Waals surface area (Å²) in [6.07, 6.45) is 4.43. The molecule has 0 radical (unpaired) electrons. The molecule has 0 aliphatic rings. The van der Waals surface area contributed by atoms with Crippen LogP contribution in [0.3, 0.4) is 0 Å². The summed E-state index contributed by atoms with van der Waals surface area (Å²) in [4.78, 5) is 0. The Morgan fingerprint density at radius 3 is 2.67 bits per heavy atom. The molecule has 0 unspecified atom stereocenters. The van der Waals surface area contributed by atoms with Crippen LogP contribution >= 0.6 is 0 Å². The van der Waals surface area contributed by atoms with Crippen molar-refractivity contribution < 1.29 is 0 Å². The Kier molecular flexibility index (Phi) is 4.07. The molecule has 2 aromatic rings. The van der Waals surface area contributed by atoms with Crippen LogP contribution in [-0.4, -0.2) is 11.1 Å². The molecule has 18 heavy (non-hydrogen) atoms. The van der Waals surface area contributed by atoms with Crippen LogP contribution in [0.1, 0.15) is 44.2 Å². The summed E-state index contributed by atoms with van der Waals surface area (Å²) in [5.41, 5.74) is 9.84. The van der Waals surface area contributed by atoms with Gasteiger partial charge in [0.1, 0.15) is 0 Å². The maximum atomic E-state index is 5.61. The first kappa shape index (κ1) is 13.2. The maximum absolute atomic E-state index is 5.61. The quantitative estimate of drug-likeness (QED) is 0.854. The van der Waals surface area contributed by atoms with E-state index in [0.29, 0.717) is 5.92 Å². The molecule has 0 saturated heterocycles. The molecule has 2 nitrogen and oxygen atoms in total. The van der Waals surface area contributed by atoms with E-state index in [1.807, 2.05) is 0 Å². The Morgan fingerprint density at radius 2 is 2.06 bits per heavy atom. The van der Waals surface area contributed by atoms with E-state index in [1.165, 1.54) is 22.0 Å². The fourth-order valence-corrected chi connectivity index (χ4v) is 2.48. The first-order chi connectivity index (χ1) is 8.67. The van der Waals surface area contributed by atoms with Gasteiger partial charge in [0, 0.05) is 23.6 Å². The van der Waals surface area contributed by atoms with Crippen molar-refractivity contribution in [3.63, 3.8) is 0 Å². The molecule has 0 aliphatic carbocycles. The summed E-state index contributed by atoms with van der Waals surface area (Å²) >= 11 is 0. The van der Waals surface area contributed by atoms with Crippen molar-refractivity contribution >= 4 is 10.9 Å². The van der Waals surface area contributed by atoms with Gasteiger partial charge in [-0.3, -0.25) is 0 Å². The summed E-state index contributed by atoms with van der Waals surface area (Å²) in [7, 11) is 0. The first-order valence-electron chi connectivity index (χ1n) is 6.99. The second kappa shape index (κ2) is 5.57. The van der Waals surface area contributed by atoms with E-state index in [9.17, 15) is 0 Å². The van der Waals surface area contributed by atoms with E-state index in [0.717, 1.165) is 25.9 Å². The lowest BCUT2D eigenvalue weighted by molar-refractivity contribution is 0.669. The lowest BCUT2D eigenvalue weighted by Gasteiger charge is -2.07.